The molecule has 1 aliphatic carbocycles. The van der Waals surface area contributed by atoms with Crippen molar-refractivity contribution in [3.05, 3.63) is 24.3 Å². The molecule has 3 rings (SSSR count). The van der Waals surface area contributed by atoms with Crippen molar-refractivity contribution in [1.29, 1.82) is 0 Å². The van der Waals surface area contributed by atoms with E-state index >= 15 is 0 Å². The minimum atomic E-state index is -0.365. The Hall–Kier alpha value is -0.930. The Morgan fingerprint density at radius 2 is 2.36 bits per heavy atom. The van der Waals surface area contributed by atoms with E-state index in [-0.39, 0.29) is 18.3 Å². The summed E-state index contributed by atoms with van der Waals surface area (Å²) >= 11 is 0. The molecule has 0 saturated carbocycles. The fourth-order valence-corrected chi connectivity index (χ4v) is 2.53. The van der Waals surface area contributed by atoms with Crippen LogP contribution < -0.4 is 0 Å². The van der Waals surface area contributed by atoms with Gasteiger partial charge in [0.1, 0.15) is 12.4 Å². The summed E-state index contributed by atoms with van der Waals surface area (Å²) in [6, 6.07) is 0. The van der Waals surface area contributed by atoms with Crippen LogP contribution in [0.5, 0.6) is 0 Å². The first kappa shape index (κ1) is 8.38. The molecule has 1 fully saturated rings. The molecule has 1 N–H and O–H groups in total. The summed E-state index contributed by atoms with van der Waals surface area (Å²) in [7, 11) is 0. The number of allylic oxidation sites excluding steroid dienone is 3. The zero-order valence-electron chi connectivity index (χ0n) is 8.00. The van der Waals surface area contributed by atoms with Crippen molar-refractivity contribution >= 4 is 5.71 Å². The lowest BCUT2D eigenvalue weighted by Gasteiger charge is -2.37. The van der Waals surface area contributed by atoms with Gasteiger partial charge in [-0.2, -0.15) is 0 Å². The molecule has 0 amide bonds. The molecule has 1 saturated heterocycles. The van der Waals surface area contributed by atoms with Crippen molar-refractivity contribution in [3.63, 3.8) is 0 Å². The van der Waals surface area contributed by atoms with Crippen LogP contribution in [0.15, 0.2) is 29.3 Å². The van der Waals surface area contributed by atoms with Gasteiger partial charge in [0.2, 0.25) is 0 Å². The van der Waals surface area contributed by atoms with Gasteiger partial charge in [0.05, 0.1) is 5.92 Å². The highest BCUT2D eigenvalue weighted by atomic mass is 16.3. The smallest absolute Gasteiger partial charge is 0.121 e. The number of aliphatic hydroxyl groups is 1. The molecule has 2 heterocycles. The molecule has 0 radical (unpaired) electrons. The summed E-state index contributed by atoms with van der Waals surface area (Å²) in [5.74, 6) is 0.0920. The SMILES string of the molecule is OC1C2C=CC=CC2=NC2CCCN21. The maximum atomic E-state index is 10.1. The Morgan fingerprint density at radius 1 is 1.43 bits per heavy atom. The van der Waals surface area contributed by atoms with E-state index in [0.29, 0.717) is 0 Å². The molecule has 3 unspecified atom stereocenters. The topological polar surface area (TPSA) is 35.8 Å². The lowest BCUT2D eigenvalue weighted by atomic mass is 9.94. The Bertz CT molecular complexity index is 332. The Kier molecular flexibility index (Phi) is 1.82. The lowest BCUT2D eigenvalue weighted by Crippen LogP contribution is -2.49. The van der Waals surface area contributed by atoms with Crippen LogP contribution >= 0.6 is 0 Å². The van der Waals surface area contributed by atoms with E-state index in [0.717, 1.165) is 25.1 Å². The number of hydrogen-bond acceptors (Lipinski definition) is 3. The molecule has 3 atom stereocenters. The lowest BCUT2D eigenvalue weighted by molar-refractivity contribution is -0.0240. The molecule has 3 nitrogen and oxygen atoms in total. The van der Waals surface area contributed by atoms with Gasteiger partial charge >= 0.3 is 0 Å². The van der Waals surface area contributed by atoms with E-state index < -0.39 is 0 Å². The third-order valence-electron chi connectivity index (χ3n) is 3.26. The summed E-state index contributed by atoms with van der Waals surface area (Å²) in [5.41, 5.74) is 1.04. The van der Waals surface area contributed by atoms with Crippen LogP contribution in [0.4, 0.5) is 0 Å². The van der Waals surface area contributed by atoms with Crippen LogP contribution in [0.1, 0.15) is 12.8 Å². The largest absolute Gasteiger partial charge is 0.377 e. The van der Waals surface area contributed by atoms with Crippen molar-refractivity contribution in [2.45, 2.75) is 25.2 Å². The molecule has 74 valence electrons. The van der Waals surface area contributed by atoms with Gasteiger partial charge in [0.15, 0.2) is 0 Å². The predicted octanol–water partition coefficient (Wildman–Crippen LogP) is 0.923. The van der Waals surface area contributed by atoms with E-state index in [1.54, 1.807) is 0 Å². The molecule has 2 aliphatic heterocycles. The molecule has 0 bridgehead atoms. The van der Waals surface area contributed by atoms with Crippen molar-refractivity contribution in [1.82, 2.24) is 4.90 Å². The fraction of sp³-hybridized carbons (Fsp3) is 0.545. The molecule has 0 aromatic rings. The zero-order chi connectivity index (χ0) is 9.54. The van der Waals surface area contributed by atoms with Gasteiger partial charge in [0, 0.05) is 12.3 Å². The summed E-state index contributed by atoms with van der Waals surface area (Å²) in [6.45, 7) is 0.983. The summed E-state index contributed by atoms with van der Waals surface area (Å²) in [5, 5.41) is 10.1. The van der Waals surface area contributed by atoms with Crippen LogP contribution in [-0.4, -0.2) is 34.7 Å². The highest BCUT2D eigenvalue weighted by Crippen LogP contribution is 2.31. The van der Waals surface area contributed by atoms with E-state index in [4.69, 9.17) is 0 Å². The van der Waals surface area contributed by atoms with Crippen molar-refractivity contribution in [3.8, 4) is 0 Å². The Labute approximate surface area is 83.4 Å². The highest BCUT2D eigenvalue weighted by molar-refractivity contribution is 6.00. The molecule has 0 aromatic carbocycles. The van der Waals surface area contributed by atoms with Crippen LogP contribution in [0.3, 0.4) is 0 Å². The number of aliphatic imine (C=N–C) groups is 1. The van der Waals surface area contributed by atoms with Crippen molar-refractivity contribution < 1.29 is 5.11 Å². The maximum Gasteiger partial charge on any atom is 0.121 e. The zero-order valence-corrected chi connectivity index (χ0v) is 8.00. The minimum absolute atomic E-state index is 0.0920. The highest BCUT2D eigenvalue weighted by Gasteiger charge is 2.39. The average molecular weight is 190 g/mol. The van der Waals surface area contributed by atoms with Gasteiger partial charge < -0.3 is 5.11 Å². The molecule has 3 aliphatic rings. The average Bonchev–Trinajstić information content (AvgIpc) is 2.66. The van der Waals surface area contributed by atoms with E-state index in [1.165, 1.54) is 0 Å². The predicted molar refractivity (Wildman–Crippen MR) is 54.9 cm³/mol. The van der Waals surface area contributed by atoms with Crippen LogP contribution in [0.25, 0.3) is 0 Å². The molecular weight excluding hydrogens is 176 g/mol. The van der Waals surface area contributed by atoms with E-state index in [2.05, 4.69) is 9.89 Å². The van der Waals surface area contributed by atoms with Crippen molar-refractivity contribution in [2.24, 2.45) is 10.9 Å². The summed E-state index contributed by atoms with van der Waals surface area (Å²) in [4.78, 5) is 6.77. The first-order valence-corrected chi connectivity index (χ1v) is 5.22. The third-order valence-corrected chi connectivity index (χ3v) is 3.26. The standard InChI is InChI=1S/C11H14N2O/c14-11-8-4-1-2-5-9(8)12-10-6-3-7-13(10)11/h1-2,4-5,8,10-11,14H,3,6-7H2. The number of nitrogens with zero attached hydrogens (tertiary/aromatic N) is 2. The van der Waals surface area contributed by atoms with E-state index in [1.807, 2.05) is 24.3 Å². The van der Waals surface area contributed by atoms with Gasteiger partial charge in [-0.3, -0.25) is 9.89 Å². The fourth-order valence-electron chi connectivity index (χ4n) is 2.53. The number of aliphatic hydroxyl groups excluding tert-OH is 1. The van der Waals surface area contributed by atoms with Gasteiger partial charge in [-0.15, -0.1) is 0 Å². The van der Waals surface area contributed by atoms with Gasteiger partial charge in [-0.05, 0) is 18.9 Å². The number of fused-ring (bicyclic) bond motifs is 2. The second kappa shape index (κ2) is 3.04. The minimum Gasteiger partial charge on any atom is -0.377 e. The molecule has 3 heteroatoms. The first-order chi connectivity index (χ1) is 6.86. The Balaban J connectivity index is 1.99. The molecule has 0 spiro atoms. The Morgan fingerprint density at radius 3 is 3.29 bits per heavy atom. The van der Waals surface area contributed by atoms with Gasteiger partial charge in [-0.25, -0.2) is 0 Å². The first-order valence-electron chi connectivity index (χ1n) is 5.22. The third kappa shape index (κ3) is 1.09. The van der Waals surface area contributed by atoms with Crippen LogP contribution in [0.2, 0.25) is 0 Å². The second-order valence-corrected chi connectivity index (χ2v) is 4.10. The second-order valence-electron chi connectivity index (χ2n) is 4.10. The summed E-state index contributed by atoms with van der Waals surface area (Å²) in [6.07, 6.45) is 10.1. The molecular formula is C11H14N2O. The van der Waals surface area contributed by atoms with E-state index in [9.17, 15) is 5.11 Å². The quantitative estimate of drug-likeness (QED) is 0.616. The van der Waals surface area contributed by atoms with Crippen LogP contribution in [0, 0.1) is 5.92 Å². The maximum absolute atomic E-state index is 10.1. The number of hydrogen-bond donors (Lipinski definition) is 1. The molecule has 14 heavy (non-hydrogen) atoms. The molecule has 0 aromatic heterocycles. The van der Waals surface area contributed by atoms with Gasteiger partial charge in [-0.1, -0.05) is 18.2 Å². The van der Waals surface area contributed by atoms with Gasteiger partial charge in [0.25, 0.3) is 0 Å². The monoisotopic (exact) mass is 190 g/mol. The normalized spacial score (nSPS) is 40.6. The van der Waals surface area contributed by atoms with Crippen molar-refractivity contribution in [2.75, 3.05) is 6.54 Å². The van der Waals surface area contributed by atoms with Crippen LogP contribution in [-0.2, 0) is 0 Å². The number of rotatable bonds is 0. The summed E-state index contributed by atoms with van der Waals surface area (Å²) < 4.78 is 0.